The van der Waals surface area contributed by atoms with Gasteiger partial charge in [-0.3, -0.25) is 37.0 Å². The van der Waals surface area contributed by atoms with E-state index in [-0.39, 0.29) is 34.1 Å². The number of aliphatic hydroxyl groups is 2. The molecule has 244 valence electrons. The second-order valence-electron chi connectivity index (χ2n) is 9.77. The standard InChI is InChI=1S/C20H26N10O13P2/c1-38-8-3-40-45(36,37)43-13-11(31)7(41-19(13)30-6-26-10-16(30)27-20(22)28-17(10)32)2-39-44(34,35)42-12(8)18(33)29-5-25-9-14(21)23-4-24-15(9)29/h4-8,11-13,18-19,31,33H,2-3H2,1H3,(H,34,35)(H,36,37)(H2,21,23,24)(H3,22,27,28,32)/t7-,8-,11-,12-,13-,18-,19-/m1/s1. The van der Waals surface area contributed by atoms with Crippen molar-refractivity contribution in [2.45, 2.75) is 43.0 Å². The van der Waals surface area contributed by atoms with Crippen LogP contribution in [-0.2, 0) is 36.7 Å². The molecule has 2 saturated heterocycles. The first kappa shape index (κ1) is 31.5. The molecule has 4 aromatic rings. The number of aliphatic hydroxyl groups excluding tert-OH is 2. The van der Waals surface area contributed by atoms with Gasteiger partial charge in [-0.05, 0) is 0 Å². The lowest BCUT2D eigenvalue weighted by molar-refractivity contribution is -0.117. The van der Waals surface area contributed by atoms with Gasteiger partial charge < -0.3 is 40.9 Å². The molecule has 9 atom stereocenters. The second kappa shape index (κ2) is 11.7. The molecule has 4 aromatic heterocycles. The molecule has 0 aromatic carbocycles. The third kappa shape index (κ3) is 5.96. The van der Waals surface area contributed by atoms with Crippen LogP contribution in [0.5, 0.6) is 0 Å². The third-order valence-corrected chi connectivity index (χ3v) is 8.96. The summed E-state index contributed by atoms with van der Waals surface area (Å²) in [6.07, 6.45) is -8.53. The number of phosphoric acid groups is 2. The number of fused-ring (bicyclic) bond motifs is 4. The largest absolute Gasteiger partial charge is 0.472 e. The van der Waals surface area contributed by atoms with Crippen molar-refractivity contribution >= 4 is 49.7 Å². The van der Waals surface area contributed by atoms with Crippen molar-refractivity contribution in [3.05, 3.63) is 29.3 Å². The van der Waals surface area contributed by atoms with Crippen LogP contribution < -0.4 is 17.0 Å². The lowest BCUT2D eigenvalue weighted by Gasteiger charge is -2.31. The fourth-order valence-corrected chi connectivity index (χ4v) is 6.74. The fourth-order valence-electron chi connectivity index (χ4n) is 4.86. The Morgan fingerprint density at radius 1 is 1.04 bits per heavy atom. The summed E-state index contributed by atoms with van der Waals surface area (Å²) in [6.45, 7) is -1.72. The Hall–Kier alpha value is -3.44. The Labute approximate surface area is 249 Å². The molecule has 0 radical (unpaired) electrons. The van der Waals surface area contributed by atoms with Gasteiger partial charge >= 0.3 is 15.6 Å². The van der Waals surface area contributed by atoms with Crippen molar-refractivity contribution in [2.75, 3.05) is 31.8 Å². The van der Waals surface area contributed by atoms with E-state index in [1.165, 1.54) is 0 Å². The molecule has 0 saturated carbocycles. The van der Waals surface area contributed by atoms with Crippen molar-refractivity contribution in [1.82, 2.24) is 39.0 Å². The number of aromatic nitrogens is 8. The molecule has 2 fully saturated rings. The topological polar surface area (TPSA) is 330 Å². The van der Waals surface area contributed by atoms with E-state index >= 15 is 0 Å². The van der Waals surface area contributed by atoms with Crippen LogP contribution in [0.2, 0.25) is 0 Å². The van der Waals surface area contributed by atoms with Crippen LogP contribution in [0, 0.1) is 0 Å². The maximum absolute atomic E-state index is 13.2. The zero-order valence-corrected chi connectivity index (χ0v) is 24.6. The quantitative estimate of drug-likeness (QED) is 0.114. The minimum absolute atomic E-state index is 0.00674. The molecular formula is C20H26N10O13P2. The summed E-state index contributed by atoms with van der Waals surface area (Å²) >= 11 is 0. The summed E-state index contributed by atoms with van der Waals surface area (Å²) in [5, 5.41) is 22.3. The molecule has 45 heavy (non-hydrogen) atoms. The molecule has 23 nitrogen and oxygen atoms in total. The number of methoxy groups -OCH3 is 1. The van der Waals surface area contributed by atoms with Gasteiger partial charge in [0, 0.05) is 7.11 Å². The highest BCUT2D eigenvalue weighted by Crippen LogP contribution is 2.52. The summed E-state index contributed by atoms with van der Waals surface area (Å²) in [7, 11) is -9.18. The van der Waals surface area contributed by atoms with Crippen LogP contribution in [0.3, 0.4) is 0 Å². The smallest absolute Gasteiger partial charge is 0.387 e. The maximum Gasteiger partial charge on any atom is 0.472 e. The molecule has 2 aliphatic heterocycles. The predicted octanol–water partition coefficient (Wildman–Crippen LogP) is -2.09. The number of rotatable bonds is 4. The van der Waals surface area contributed by atoms with Crippen LogP contribution in [-0.4, -0.2) is 110 Å². The molecule has 2 unspecified atom stereocenters. The van der Waals surface area contributed by atoms with Crippen molar-refractivity contribution in [3.63, 3.8) is 0 Å². The lowest BCUT2D eigenvalue weighted by Crippen LogP contribution is -2.41. The number of imidazole rings is 2. The number of nitrogen functional groups attached to an aromatic ring is 2. The number of nitrogens with one attached hydrogen (secondary N) is 1. The predicted molar refractivity (Wildman–Crippen MR) is 146 cm³/mol. The molecule has 0 spiro atoms. The minimum Gasteiger partial charge on any atom is -0.387 e. The summed E-state index contributed by atoms with van der Waals surface area (Å²) in [4.78, 5) is 55.7. The van der Waals surface area contributed by atoms with Gasteiger partial charge in [-0.15, -0.1) is 0 Å². The van der Waals surface area contributed by atoms with Crippen molar-refractivity contribution < 1.29 is 56.7 Å². The summed E-state index contributed by atoms with van der Waals surface area (Å²) in [5.74, 6) is -0.312. The van der Waals surface area contributed by atoms with Gasteiger partial charge in [0.2, 0.25) is 5.95 Å². The maximum atomic E-state index is 13.2. The summed E-state index contributed by atoms with van der Waals surface area (Å²) < 4.78 is 60.4. The average Bonchev–Trinajstić information content (AvgIpc) is 3.67. The van der Waals surface area contributed by atoms with Crippen LogP contribution in [0.1, 0.15) is 12.5 Å². The average molecular weight is 676 g/mol. The van der Waals surface area contributed by atoms with Gasteiger partial charge in [-0.2, -0.15) is 4.98 Å². The van der Waals surface area contributed by atoms with E-state index in [1.807, 2.05) is 0 Å². The summed E-state index contributed by atoms with van der Waals surface area (Å²) in [5.41, 5.74) is 10.5. The van der Waals surface area contributed by atoms with Crippen LogP contribution in [0.15, 0.2) is 23.8 Å². The molecular weight excluding hydrogens is 650 g/mol. The molecule has 9 N–H and O–H groups in total. The Morgan fingerprint density at radius 3 is 2.51 bits per heavy atom. The van der Waals surface area contributed by atoms with Crippen LogP contribution in [0.4, 0.5) is 11.8 Å². The first-order valence-corrected chi connectivity index (χ1v) is 15.8. The molecule has 2 aliphatic rings. The Kier molecular flexibility index (Phi) is 8.22. The zero-order chi connectivity index (χ0) is 32.3. The monoisotopic (exact) mass is 676 g/mol. The highest BCUT2D eigenvalue weighted by atomic mass is 31.2. The molecule has 0 amide bonds. The van der Waals surface area contributed by atoms with Gasteiger partial charge in [-0.1, -0.05) is 0 Å². The normalized spacial score (nSPS) is 33.9. The van der Waals surface area contributed by atoms with E-state index < -0.39 is 77.4 Å². The van der Waals surface area contributed by atoms with Gasteiger partial charge in [0.05, 0.1) is 25.9 Å². The molecule has 0 aliphatic carbocycles. The number of H-pyrrole nitrogens is 1. The van der Waals surface area contributed by atoms with Crippen molar-refractivity contribution in [3.8, 4) is 0 Å². The van der Waals surface area contributed by atoms with Gasteiger partial charge in [-0.25, -0.2) is 29.1 Å². The SMILES string of the molecule is CO[C@@H]1COP(=O)(O)O[C@@H]2[C@H](O)[C@@H](COP(=O)(O)O[C@H]1[C@@H](O)n1cnc3c(N)ncnc31)O[C@H]2n1cnc2c(=O)[nH]c(N)nc21. The van der Waals surface area contributed by atoms with E-state index in [0.717, 1.165) is 35.2 Å². The van der Waals surface area contributed by atoms with Crippen molar-refractivity contribution in [1.29, 1.82) is 0 Å². The van der Waals surface area contributed by atoms with E-state index in [2.05, 4.69) is 29.9 Å². The second-order valence-corrected chi connectivity index (χ2v) is 12.6. The van der Waals surface area contributed by atoms with Gasteiger partial charge in [0.1, 0.15) is 42.4 Å². The molecule has 2 bridgehead atoms. The lowest BCUT2D eigenvalue weighted by atomic mass is 10.1. The Balaban J connectivity index is 1.34. The van der Waals surface area contributed by atoms with Crippen LogP contribution >= 0.6 is 15.6 Å². The van der Waals surface area contributed by atoms with Gasteiger partial charge in [0.15, 0.2) is 35.1 Å². The Bertz CT molecular complexity index is 1880. The van der Waals surface area contributed by atoms with E-state index in [0.29, 0.717) is 0 Å². The number of ether oxygens (including phenoxy) is 2. The highest BCUT2D eigenvalue weighted by Gasteiger charge is 2.51. The molecule has 25 heteroatoms. The minimum atomic E-state index is -5.15. The number of hydrogen-bond donors (Lipinski definition) is 7. The number of nitrogens with zero attached hydrogens (tertiary/aromatic N) is 7. The van der Waals surface area contributed by atoms with E-state index in [4.69, 9.17) is 39.0 Å². The fraction of sp³-hybridized carbons (Fsp3) is 0.500. The molecule has 6 rings (SSSR count). The first-order chi connectivity index (χ1) is 21.3. The number of phosphoric ester groups is 2. The van der Waals surface area contributed by atoms with Crippen LogP contribution in [0.25, 0.3) is 22.3 Å². The number of hydrogen-bond acceptors (Lipinski definition) is 18. The summed E-state index contributed by atoms with van der Waals surface area (Å²) in [6, 6.07) is 0. The number of anilines is 2. The Morgan fingerprint density at radius 2 is 1.76 bits per heavy atom. The van der Waals surface area contributed by atoms with Gasteiger partial charge in [0.25, 0.3) is 5.56 Å². The van der Waals surface area contributed by atoms with E-state index in [1.54, 1.807) is 0 Å². The first-order valence-electron chi connectivity index (χ1n) is 12.8. The van der Waals surface area contributed by atoms with E-state index in [9.17, 15) is 33.9 Å². The number of aromatic amines is 1. The van der Waals surface area contributed by atoms with Crippen molar-refractivity contribution in [2.24, 2.45) is 0 Å². The number of nitrogens with two attached hydrogens (primary N) is 2. The third-order valence-electron chi connectivity index (χ3n) is 6.99. The molecule has 6 heterocycles. The zero-order valence-electron chi connectivity index (χ0n) is 22.8. The highest BCUT2D eigenvalue weighted by molar-refractivity contribution is 7.47.